The first-order valence-corrected chi connectivity index (χ1v) is 25.2. The molecule has 0 amide bonds. The predicted octanol–water partition coefficient (Wildman–Crippen LogP) is 18.3. The van der Waals surface area contributed by atoms with E-state index in [0.717, 1.165) is 61.5 Å². The average Bonchev–Trinajstić information content (AvgIpc) is 4.02. The van der Waals surface area contributed by atoms with Gasteiger partial charge < -0.3 is 9.13 Å². The van der Waals surface area contributed by atoms with E-state index in [1.54, 1.807) is 0 Å². The summed E-state index contributed by atoms with van der Waals surface area (Å²) in [5, 5.41) is 4.74. The van der Waals surface area contributed by atoms with Crippen LogP contribution in [-0.4, -0.2) is 19.1 Å². The molecule has 346 valence electrons. The summed E-state index contributed by atoms with van der Waals surface area (Å²) in [4.78, 5) is 10.7. The second-order valence-corrected chi connectivity index (χ2v) is 19.0. The highest BCUT2D eigenvalue weighted by atomic mass is 15.0. The van der Waals surface area contributed by atoms with Crippen LogP contribution in [0.25, 0.3) is 133 Å². The summed E-state index contributed by atoms with van der Waals surface area (Å²) >= 11 is 0. The zero-order chi connectivity index (χ0) is 49.0. The van der Waals surface area contributed by atoms with Crippen LogP contribution in [0.3, 0.4) is 0 Å². The topological polar surface area (TPSA) is 35.6 Å². The Hall–Kier alpha value is -9.90. The van der Waals surface area contributed by atoms with Gasteiger partial charge in [0.05, 0.1) is 33.5 Å². The standard InChI is InChI=1S/C70H46N4/c1-7-19-47(20-8-1)53-31-35-66-60(41-53)61-42-54(48-21-9-2-10-22-48)32-36-67(61)73(66)58-39-57(65-46-64(51-27-15-5-16-28-51)71-70(72-65)52-29-17-6-18-30-52)40-59(45-58)74-68-37-33-55(49-23-11-3-12-24-49)43-62(68)63-44-56(34-38-69(63)74)50-25-13-4-14-26-50/h1-46H. The lowest BCUT2D eigenvalue weighted by atomic mass is 10.0. The third kappa shape index (κ3) is 7.65. The summed E-state index contributed by atoms with van der Waals surface area (Å²) < 4.78 is 4.90. The molecule has 4 heteroatoms. The molecule has 3 heterocycles. The molecular formula is C70H46N4. The van der Waals surface area contributed by atoms with Gasteiger partial charge in [0.15, 0.2) is 5.82 Å². The number of fused-ring (bicyclic) bond motifs is 6. The van der Waals surface area contributed by atoms with Crippen LogP contribution in [0.1, 0.15) is 0 Å². The minimum absolute atomic E-state index is 0.673. The van der Waals surface area contributed by atoms with E-state index in [1.807, 2.05) is 12.1 Å². The quantitative estimate of drug-likeness (QED) is 0.145. The Morgan fingerprint density at radius 3 is 0.811 bits per heavy atom. The van der Waals surface area contributed by atoms with Crippen molar-refractivity contribution >= 4 is 43.6 Å². The van der Waals surface area contributed by atoms with Crippen molar-refractivity contribution in [2.75, 3.05) is 0 Å². The maximum atomic E-state index is 5.44. The Kier molecular flexibility index (Phi) is 10.5. The maximum absolute atomic E-state index is 5.44. The van der Waals surface area contributed by atoms with Crippen molar-refractivity contribution in [1.29, 1.82) is 0 Å². The van der Waals surface area contributed by atoms with Gasteiger partial charge in [-0.3, -0.25) is 0 Å². The lowest BCUT2D eigenvalue weighted by Crippen LogP contribution is -2.02. The zero-order valence-electron chi connectivity index (χ0n) is 40.3. The molecule has 0 unspecified atom stereocenters. The first-order chi connectivity index (χ1) is 36.7. The number of rotatable bonds is 9. The molecule has 0 saturated heterocycles. The van der Waals surface area contributed by atoms with Gasteiger partial charge in [-0.05, 0) is 117 Å². The highest BCUT2D eigenvalue weighted by Gasteiger charge is 2.21. The first kappa shape index (κ1) is 42.9. The average molecular weight is 943 g/mol. The Labute approximate surface area is 429 Å². The molecular weight excluding hydrogens is 897 g/mol. The van der Waals surface area contributed by atoms with Crippen LogP contribution in [0, 0.1) is 0 Å². The molecule has 0 atom stereocenters. The van der Waals surface area contributed by atoms with Crippen LogP contribution >= 0.6 is 0 Å². The SMILES string of the molecule is c1ccc(-c2ccc3c(c2)c2cc(-c4ccccc4)ccc2n3-c2cc(-c3cc(-c4ccccc4)nc(-c4ccccc4)n3)cc(-n3c4ccc(-c5ccccc5)cc4c4cc(-c5ccccc5)ccc43)c2)cc1. The molecule has 0 aliphatic rings. The Bertz CT molecular complexity index is 3900. The van der Waals surface area contributed by atoms with Crippen molar-refractivity contribution in [3.05, 3.63) is 279 Å². The predicted molar refractivity (Wildman–Crippen MR) is 309 cm³/mol. The third-order valence-electron chi connectivity index (χ3n) is 14.5. The normalized spacial score (nSPS) is 11.5. The molecule has 0 spiro atoms. The van der Waals surface area contributed by atoms with Gasteiger partial charge in [-0.1, -0.05) is 206 Å². The molecule has 4 nitrogen and oxygen atoms in total. The van der Waals surface area contributed by atoms with Gasteiger partial charge in [-0.15, -0.1) is 0 Å². The van der Waals surface area contributed by atoms with Crippen molar-refractivity contribution in [2.45, 2.75) is 0 Å². The number of benzene rings is 11. The van der Waals surface area contributed by atoms with Crippen LogP contribution in [0.2, 0.25) is 0 Å². The second kappa shape index (κ2) is 18.1. The summed E-state index contributed by atoms with van der Waals surface area (Å²) in [6.45, 7) is 0. The zero-order valence-corrected chi connectivity index (χ0v) is 40.3. The van der Waals surface area contributed by atoms with Crippen LogP contribution in [0.5, 0.6) is 0 Å². The molecule has 0 fully saturated rings. The molecule has 14 aromatic rings. The summed E-state index contributed by atoms with van der Waals surface area (Å²) in [5.74, 6) is 0.673. The number of hydrogen-bond acceptors (Lipinski definition) is 2. The van der Waals surface area contributed by atoms with Crippen LogP contribution < -0.4 is 0 Å². The molecule has 0 bridgehead atoms. The van der Waals surface area contributed by atoms with Gasteiger partial charge >= 0.3 is 0 Å². The second-order valence-electron chi connectivity index (χ2n) is 19.0. The highest BCUT2D eigenvalue weighted by molar-refractivity contribution is 6.13. The summed E-state index contributed by atoms with van der Waals surface area (Å²) in [5.41, 5.74) is 20.6. The Morgan fingerprint density at radius 1 is 0.203 bits per heavy atom. The molecule has 0 radical (unpaired) electrons. The van der Waals surface area contributed by atoms with Gasteiger partial charge in [0.2, 0.25) is 0 Å². The van der Waals surface area contributed by atoms with Crippen LogP contribution in [0.15, 0.2) is 279 Å². The van der Waals surface area contributed by atoms with Crippen molar-refractivity contribution in [2.24, 2.45) is 0 Å². The minimum atomic E-state index is 0.673. The third-order valence-corrected chi connectivity index (χ3v) is 14.5. The van der Waals surface area contributed by atoms with Crippen LogP contribution in [-0.2, 0) is 0 Å². The van der Waals surface area contributed by atoms with Crippen molar-refractivity contribution in [3.8, 4) is 89.8 Å². The van der Waals surface area contributed by atoms with E-state index in [4.69, 9.17) is 9.97 Å². The minimum Gasteiger partial charge on any atom is -0.309 e. The number of hydrogen-bond donors (Lipinski definition) is 0. The van der Waals surface area contributed by atoms with E-state index in [0.29, 0.717) is 5.82 Å². The molecule has 0 saturated carbocycles. The first-order valence-electron chi connectivity index (χ1n) is 25.2. The van der Waals surface area contributed by atoms with Gasteiger partial charge in [0.25, 0.3) is 0 Å². The van der Waals surface area contributed by atoms with Gasteiger partial charge in [0.1, 0.15) is 0 Å². The molecule has 14 rings (SSSR count). The monoisotopic (exact) mass is 942 g/mol. The van der Waals surface area contributed by atoms with E-state index in [9.17, 15) is 0 Å². The molecule has 0 aliphatic heterocycles. The fourth-order valence-electron chi connectivity index (χ4n) is 10.9. The van der Waals surface area contributed by atoms with Gasteiger partial charge in [-0.25, -0.2) is 9.97 Å². The summed E-state index contributed by atoms with van der Waals surface area (Å²) in [6.07, 6.45) is 0. The molecule has 3 aromatic heterocycles. The Morgan fingerprint density at radius 2 is 0.486 bits per heavy atom. The molecule has 74 heavy (non-hydrogen) atoms. The number of nitrogens with zero attached hydrogens (tertiary/aromatic N) is 4. The lowest BCUT2D eigenvalue weighted by molar-refractivity contribution is 1.13. The maximum Gasteiger partial charge on any atom is 0.160 e. The molecule has 0 N–H and O–H groups in total. The number of aromatic nitrogens is 4. The van der Waals surface area contributed by atoms with Crippen molar-refractivity contribution in [3.63, 3.8) is 0 Å². The fraction of sp³-hybridized carbons (Fsp3) is 0. The van der Waals surface area contributed by atoms with E-state index in [-0.39, 0.29) is 0 Å². The highest BCUT2D eigenvalue weighted by Crippen LogP contribution is 2.42. The van der Waals surface area contributed by atoms with E-state index in [2.05, 4.69) is 276 Å². The van der Waals surface area contributed by atoms with E-state index >= 15 is 0 Å². The summed E-state index contributed by atoms with van der Waals surface area (Å²) in [7, 11) is 0. The van der Waals surface area contributed by atoms with E-state index < -0.39 is 0 Å². The Balaban J connectivity index is 1.07. The molecule has 11 aromatic carbocycles. The van der Waals surface area contributed by atoms with Crippen molar-refractivity contribution < 1.29 is 0 Å². The summed E-state index contributed by atoms with van der Waals surface area (Å²) in [6, 6.07) is 100. The van der Waals surface area contributed by atoms with Crippen LogP contribution in [0.4, 0.5) is 0 Å². The van der Waals surface area contributed by atoms with Gasteiger partial charge in [0, 0.05) is 49.6 Å². The largest absolute Gasteiger partial charge is 0.309 e. The lowest BCUT2D eigenvalue weighted by Gasteiger charge is -2.17. The van der Waals surface area contributed by atoms with Gasteiger partial charge in [-0.2, -0.15) is 0 Å². The smallest absolute Gasteiger partial charge is 0.160 e. The fourth-order valence-corrected chi connectivity index (χ4v) is 10.9. The van der Waals surface area contributed by atoms with E-state index in [1.165, 1.54) is 66.1 Å². The molecule has 0 aliphatic carbocycles. The van der Waals surface area contributed by atoms with Crippen molar-refractivity contribution in [1.82, 2.24) is 19.1 Å².